The number of hydrogen-bond donors (Lipinski definition) is 1. The molecule has 0 radical (unpaired) electrons. The van der Waals surface area contributed by atoms with Gasteiger partial charge in [-0.1, -0.05) is 35.5 Å². The maximum atomic E-state index is 12.4. The molecule has 1 aliphatic rings. The fourth-order valence-electron chi connectivity index (χ4n) is 2.80. The zero-order valence-corrected chi connectivity index (χ0v) is 15.6. The fraction of sp³-hybridized carbons (Fsp3) is 0.438. The molecule has 2 aromatic rings. The van der Waals surface area contributed by atoms with Gasteiger partial charge in [0.25, 0.3) is 0 Å². The summed E-state index contributed by atoms with van der Waals surface area (Å²) in [4.78, 5) is 14.3. The van der Waals surface area contributed by atoms with Crippen LogP contribution in [-0.4, -0.2) is 56.7 Å². The van der Waals surface area contributed by atoms with E-state index >= 15 is 0 Å². The first kappa shape index (κ1) is 18.0. The van der Waals surface area contributed by atoms with Crippen LogP contribution in [-0.2, 0) is 9.53 Å². The molecule has 25 heavy (non-hydrogen) atoms. The second kappa shape index (κ2) is 7.63. The molecule has 1 saturated heterocycles. The topological polar surface area (TPSA) is 86.3 Å². The summed E-state index contributed by atoms with van der Waals surface area (Å²) in [6.45, 7) is 5.14. The lowest BCUT2D eigenvalue weighted by Crippen LogP contribution is -2.48. The summed E-state index contributed by atoms with van der Waals surface area (Å²) in [5.41, 5.74) is 0.702. The Bertz CT molecular complexity index is 759. The molecule has 1 aromatic carbocycles. The van der Waals surface area contributed by atoms with Gasteiger partial charge in [-0.15, -0.1) is 10.2 Å². The predicted molar refractivity (Wildman–Crippen MR) is 97.9 cm³/mol. The lowest BCUT2D eigenvalue weighted by Gasteiger charge is -2.35. The van der Waals surface area contributed by atoms with Crippen molar-refractivity contribution >= 4 is 29.3 Å². The van der Waals surface area contributed by atoms with Crippen LogP contribution in [0.25, 0.3) is 11.4 Å². The third kappa shape index (κ3) is 4.08. The molecule has 2 N–H and O–H groups in total. The number of carbonyl (C=O) groups is 1. The number of morpholine rings is 1. The Morgan fingerprint density at radius 2 is 2.00 bits per heavy atom. The average molecular weight is 382 g/mol. The monoisotopic (exact) mass is 381 g/mol. The smallest absolute Gasteiger partial charge is 0.233 e. The fourth-order valence-corrected chi connectivity index (χ4v) is 3.78. The van der Waals surface area contributed by atoms with Gasteiger partial charge >= 0.3 is 0 Å². The van der Waals surface area contributed by atoms with Crippen LogP contribution in [0.5, 0.6) is 0 Å². The lowest BCUT2D eigenvalue weighted by atomic mass is 10.2. The van der Waals surface area contributed by atoms with E-state index in [1.165, 1.54) is 16.4 Å². The first-order chi connectivity index (χ1) is 12.0. The van der Waals surface area contributed by atoms with Gasteiger partial charge in [-0.2, -0.15) is 0 Å². The Kier molecular flexibility index (Phi) is 5.51. The minimum Gasteiger partial charge on any atom is -0.372 e. The van der Waals surface area contributed by atoms with Crippen molar-refractivity contribution in [3.63, 3.8) is 0 Å². The van der Waals surface area contributed by atoms with Crippen LogP contribution < -0.4 is 5.84 Å². The van der Waals surface area contributed by atoms with Gasteiger partial charge < -0.3 is 15.5 Å². The van der Waals surface area contributed by atoms with Crippen LogP contribution in [0.3, 0.4) is 0 Å². The maximum Gasteiger partial charge on any atom is 0.233 e. The predicted octanol–water partition coefficient (Wildman–Crippen LogP) is 2.04. The summed E-state index contributed by atoms with van der Waals surface area (Å²) < 4.78 is 7.02. The van der Waals surface area contributed by atoms with E-state index in [1.807, 2.05) is 36.9 Å². The Morgan fingerprint density at radius 1 is 1.32 bits per heavy atom. The SMILES string of the molecule is C[C@@H]1CN(C(=O)CSc2nnc(-c3ccccc3Cl)n2N)C[C@@H](C)O1. The molecule has 134 valence electrons. The van der Waals surface area contributed by atoms with Crippen molar-refractivity contribution in [1.29, 1.82) is 0 Å². The molecule has 7 nitrogen and oxygen atoms in total. The number of thioether (sulfide) groups is 1. The van der Waals surface area contributed by atoms with E-state index < -0.39 is 0 Å². The van der Waals surface area contributed by atoms with E-state index in [1.54, 1.807) is 6.07 Å². The van der Waals surface area contributed by atoms with Crippen molar-refractivity contribution < 1.29 is 9.53 Å². The molecule has 0 spiro atoms. The number of aromatic nitrogens is 3. The Balaban J connectivity index is 1.66. The van der Waals surface area contributed by atoms with E-state index in [2.05, 4.69) is 10.2 Å². The Morgan fingerprint density at radius 3 is 2.68 bits per heavy atom. The second-order valence-electron chi connectivity index (χ2n) is 6.00. The molecule has 3 rings (SSSR count). The summed E-state index contributed by atoms with van der Waals surface area (Å²) in [7, 11) is 0. The summed E-state index contributed by atoms with van der Waals surface area (Å²) >= 11 is 7.44. The number of benzene rings is 1. The van der Waals surface area contributed by atoms with Crippen LogP contribution in [0.15, 0.2) is 29.4 Å². The van der Waals surface area contributed by atoms with Gasteiger partial charge in [0.2, 0.25) is 11.1 Å². The molecular formula is C16H20ClN5O2S. The third-order valence-electron chi connectivity index (χ3n) is 3.88. The van der Waals surface area contributed by atoms with Crippen molar-refractivity contribution in [2.75, 3.05) is 24.7 Å². The van der Waals surface area contributed by atoms with Gasteiger partial charge in [-0.3, -0.25) is 4.79 Å². The highest BCUT2D eigenvalue weighted by Crippen LogP contribution is 2.27. The third-order valence-corrected chi connectivity index (χ3v) is 5.13. The summed E-state index contributed by atoms with van der Waals surface area (Å²) in [6, 6.07) is 7.28. The summed E-state index contributed by atoms with van der Waals surface area (Å²) in [6.07, 6.45) is 0.0883. The van der Waals surface area contributed by atoms with Crippen molar-refractivity contribution in [3.05, 3.63) is 29.3 Å². The molecular weight excluding hydrogens is 362 g/mol. The van der Waals surface area contributed by atoms with Crippen molar-refractivity contribution in [3.8, 4) is 11.4 Å². The number of nitrogens with zero attached hydrogens (tertiary/aromatic N) is 4. The van der Waals surface area contributed by atoms with E-state index in [-0.39, 0.29) is 23.9 Å². The van der Waals surface area contributed by atoms with Gasteiger partial charge in [0.15, 0.2) is 5.82 Å². The molecule has 0 bridgehead atoms. The highest BCUT2D eigenvalue weighted by molar-refractivity contribution is 7.99. The van der Waals surface area contributed by atoms with Crippen LogP contribution in [0, 0.1) is 0 Å². The Hall–Kier alpha value is -1.77. The van der Waals surface area contributed by atoms with Gasteiger partial charge in [0.1, 0.15) is 0 Å². The first-order valence-corrected chi connectivity index (χ1v) is 9.33. The highest BCUT2D eigenvalue weighted by Gasteiger charge is 2.26. The molecule has 0 saturated carbocycles. The second-order valence-corrected chi connectivity index (χ2v) is 7.35. The van der Waals surface area contributed by atoms with Gasteiger partial charge in [-0.25, -0.2) is 4.68 Å². The minimum atomic E-state index is 0.0364. The number of halogens is 1. The average Bonchev–Trinajstić information content (AvgIpc) is 2.93. The molecule has 9 heteroatoms. The summed E-state index contributed by atoms with van der Waals surface area (Å²) in [5.74, 6) is 6.83. The van der Waals surface area contributed by atoms with Crippen molar-refractivity contribution in [2.45, 2.75) is 31.2 Å². The number of carbonyl (C=O) groups excluding carboxylic acids is 1. The molecule has 2 heterocycles. The molecule has 2 atom stereocenters. The molecule has 1 aromatic heterocycles. The minimum absolute atomic E-state index is 0.0364. The van der Waals surface area contributed by atoms with Gasteiger partial charge in [0, 0.05) is 18.7 Å². The van der Waals surface area contributed by atoms with Crippen LogP contribution in [0.1, 0.15) is 13.8 Å². The Labute approximate surface area is 155 Å². The van der Waals surface area contributed by atoms with E-state index in [4.69, 9.17) is 22.2 Å². The zero-order chi connectivity index (χ0) is 18.0. The van der Waals surface area contributed by atoms with Crippen LogP contribution >= 0.6 is 23.4 Å². The van der Waals surface area contributed by atoms with Crippen LogP contribution in [0.4, 0.5) is 0 Å². The molecule has 1 amide bonds. The van der Waals surface area contributed by atoms with Gasteiger partial charge in [-0.05, 0) is 26.0 Å². The van der Waals surface area contributed by atoms with E-state index in [0.717, 1.165) is 0 Å². The number of hydrogen-bond acceptors (Lipinski definition) is 6. The number of rotatable bonds is 4. The van der Waals surface area contributed by atoms with Crippen molar-refractivity contribution in [1.82, 2.24) is 19.8 Å². The molecule has 1 aliphatic heterocycles. The molecule has 0 unspecified atom stereocenters. The molecule has 1 fully saturated rings. The number of nitrogen functional groups attached to an aromatic ring is 1. The van der Waals surface area contributed by atoms with E-state index in [9.17, 15) is 4.79 Å². The van der Waals surface area contributed by atoms with Crippen molar-refractivity contribution in [2.24, 2.45) is 0 Å². The molecule has 0 aliphatic carbocycles. The standard InChI is InChI=1S/C16H20ClN5O2S/c1-10-7-21(8-11(2)24-10)14(23)9-25-16-20-19-15(22(16)18)12-5-3-4-6-13(12)17/h3-6,10-11H,7-9,18H2,1-2H3/t10-,11-/m1/s1. The van der Waals surface area contributed by atoms with Crippen LogP contribution in [0.2, 0.25) is 5.02 Å². The van der Waals surface area contributed by atoms with Gasteiger partial charge in [0.05, 0.1) is 23.0 Å². The largest absolute Gasteiger partial charge is 0.372 e. The zero-order valence-electron chi connectivity index (χ0n) is 14.1. The number of nitrogens with two attached hydrogens (primary N) is 1. The summed E-state index contributed by atoms with van der Waals surface area (Å²) in [5, 5.41) is 9.19. The number of ether oxygens (including phenoxy) is 1. The normalized spacial score (nSPS) is 20.7. The maximum absolute atomic E-state index is 12.4. The first-order valence-electron chi connectivity index (χ1n) is 7.97. The number of amides is 1. The quantitative estimate of drug-likeness (QED) is 0.644. The lowest BCUT2D eigenvalue weighted by molar-refractivity contribution is -0.140. The van der Waals surface area contributed by atoms with E-state index in [0.29, 0.717) is 34.7 Å². The highest BCUT2D eigenvalue weighted by atomic mass is 35.5.